The van der Waals surface area contributed by atoms with E-state index >= 15 is 0 Å². The summed E-state index contributed by atoms with van der Waals surface area (Å²) in [5.41, 5.74) is 0. The lowest BCUT2D eigenvalue weighted by Crippen LogP contribution is -2.39. The SMILES string of the molecule is O=CO.OCCNc1cc(NCCN2CCCC(CO)C2)ncn1. The number of carbonyl (C=O) groups is 1. The second kappa shape index (κ2) is 12.5. The van der Waals surface area contributed by atoms with Crippen LogP contribution in [0.15, 0.2) is 12.4 Å². The molecule has 1 aliphatic rings. The van der Waals surface area contributed by atoms with Crippen molar-refractivity contribution in [2.24, 2.45) is 5.92 Å². The fourth-order valence-electron chi connectivity index (χ4n) is 2.58. The van der Waals surface area contributed by atoms with Crippen LogP contribution in [0.4, 0.5) is 11.6 Å². The number of aromatic nitrogens is 2. The van der Waals surface area contributed by atoms with Gasteiger partial charge in [-0.25, -0.2) is 9.97 Å². The van der Waals surface area contributed by atoms with Crippen molar-refractivity contribution < 1.29 is 20.1 Å². The minimum atomic E-state index is -0.250. The fraction of sp³-hybridized carbons (Fsp3) is 0.667. The van der Waals surface area contributed by atoms with Crippen LogP contribution in [0.1, 0.15) is 12.8 Å². The van der Waals surface area contributed by atoms with Crippen LogP contribution < -0.4 is 10.6 Å². The monoisotopic (exact) mass is 341 g/mol. The fourth-order valence-corrected chi connectivity index (χ4v) is 2.58. The van der Waals surface area contributed by atoms with Gasteiger partial charge in [0.1, 0.15) is 18.0 Å². The zero-order chi connectivity index (χ0) is 17.6. The quantitative estimate of drug-likeness (QED) is 0.404. The van der Waals surface area contributed by atoms with Gasteiger partial charge in [-0.15, -0.1) is 0 Å². The van der Waals surface area contributed by atoms with Gasteiger partial charge in [0.2, 0.25) is 0 Å². The molecule has 1 aliphatic heterocycles. The first-order valence-electron chi connectivity index (χ1n) is 8.05. The molecule has 1 saturated heterocycles. The number of aliphatic hydroxyl groups is 2. The van der Waals surface area contributed by atoms with Gasteiger partial charge in [-0.3, -0.25) is 4.79 Å². The summed E-state index contributed by atoms with van der Waals surface area (Å²) in [4.78, 5) is 19.0. The Hall–Kier alpha value is -1.97. The molecule has 1 aromatic heterocycles. The maximum atomic E-state index is 9.23. The van der Waals surface area contributed by atoms with Crippen LogP contribution in [0.5, 0.6) is 0 Å². The van der Waals surface area contributed by atoms with E-state index < -0.39 is 0 Å². The molecule has 9 nitrogen and oxygen atoms in total. The molecule has 0 saturated carbocycles. The Kier molecular flexibility index (Phi) is 10.4. The van der Waals surface area contributed by atoms with E-state index in [0.717, 1.165) is 44.8 Å². The van der Waals surface area contributed by atoms with E-state index in [-0.39, 0.29) is 19.7 Å². The summed E-state index contributed by atoms with van der Waals surface area (Å²) in [5.74, 6) is 1.91. The van der Waals surface area contributed by atoms with E-state index in [1.807, 2.05) is 6.07 Å². The van der Waals surface area contributed by atoms with Crippen molar-refractivity contribution in [3.05, 3.63) is 12.4 Å². The number of piperidine rings is 1. The van der Waals surface area contributed by atoms with Gasteiger partial charge in [-0.2, -0.15) is 0 Å². The van der Waals surface area contributed by atoms with Crippen LogP contribution in [-0.2, 0) is 4.79 Å². The third-order valence-electron chi connectivity index (χ3n) is 3.68. The van der Waals surface area contributed by atoms with E-state index in [2.05, 4.69) is 25.5 Å². The van der Waals surface area contributed by atoms with E-state index in [1.54, 1.807) is 0 Å². The molecule has 24 heavy (non-hydrogen) atoms. The van der Waals surface area contributed by atoms with Crippen LogP contribution in [0.3, 0.4) is 0 Å². The molecule has 2 heterocycles. The van der Waals surface area contributed by atoms with Crippen molar-refractivity contribution in [3.8, 4) is 0 Å². The molecule has 1 unspecified atom stereocenters. The van der Waals surface area contributed by atoms with E-state index in [4.69, 9.17) is 15.0 Å². The number of nitrogens with one attached hydrogen (secondary N) is 2. The highest BCUT2D eigenvalue weighted by molar-refractivity contribution is 5.46. The average molecular weight is 341 g/mol. The number of rotatable bonds is 8. The first-order chi connectivity index (χ1) is 11.7. The lowest BCUT2D eigenvalue weighted by molar-refractivity contribution is -0.122. The molecular weight excluding hydrogens is 314 g/mol. The molecule has 0 amide bonds. The van der Waals surface area contributed by atoms with Crippen molar-refractivity contribution in [3.63, 3.8) is 0 Å². The predicted octanol–water partition coefficient (Wildman–Crippen LogP) is -0.302. The van der Waals surface area contributed by atoms with Gasteiger partial charge in [0.15, 0.2) is 0 Å². The van der Waals surface area contributed by atoms with Crippen LogP contribution in [-0.4, -0.2) is 82.6 Å². The highest BCUT2D eigenvalue weighted by Gasteiger charge is 2.18. The van der Waals surface area contributed by atoms with Gasteiger partial charge in [0.25, 0.3) is 6.47 Å². The molecule has 0 aliphatic carbocycles. The Morgan fingerprint density at radius 3 is 2.54 bits per heavy atom. The zero-order valence-electron chi connectivity index (χ0n) is 13.8. The minimum absolute atomic E-state index is 0.0771. The molecule has 5 N–H and O–H groups in total. The van der Waals surface area contributed by atoms with Crippen molar-refractivity contribution in [2.45, 2.75) is 12.8 Å². The summed E-state index contributed by atoms with van der Waals surface area (Å²) in [6.07, 6.45) is 3.80. The molecule has 1 atom stereocenters. The normalized spacial score (nSPS) is 17.5. The van der Waals surface area contributed by atoms with Gasteiger partial charge < -0.3 is 30.9 Å². The van der Waals surface area contributed by atoms with E-state index in [0.29, 0.717) is 18.3 Å². The highest BCUT2D eigenvalue weighted by Crippen LogP contribution is 2.15. The van der Waals surface area contributed by atoms with Gasteiger partial charge in [0.05, 0.1) is 6.61 Å². The van der Waals surface area contributed by atoms with Gasteiger partial charge in [-0.1, -0.05) is 0 Å². The summed E-state index contributed by atoms with van der Waals surface area (Å²) in [5, 5.41) is 31.2. The van der Waals surface area contributed by atoms with Crippen LogP contribution in [0, 0.1) is 5.92 Å². The second-order valence-corrected chi connectivity index (χ2v) is 5.46. The summed E-state index contributed by atoms with van der Waals surface area (Å²) >= 11 is 0. The third kappa shape index (κ3) is 8.04. The number of likely N-dealkylation sites (tertiary alicyclic amines) is 1. The lowest BCUT2D eigenvalue weighted by Gasteiger charge is -2.31. The first-order valence-corrected chi connectivity index (χ1v) is 8.05. The lowest BCUT2D eigenvalue weighted by atomic mass is 9.99. The Balaban J connectivity index is 0.000000891. The molecule has 1 aromatic rings. The number of hydrogen-bond acceptors (Lipinski definition) is 8. The largest absolute Gasteiger partial charge is 0.483 e. The maximum Gasteiger partial charge on any atom is 0.290 e. The molecular formula is C15H27N5O4. The number of hydrogen-bond donors (Lipinski definition) is 5. The van der Waals surface area contributed by atoms with Crippen LogP contribution in [0.2, 0.25) is 0 Å². The third-order valence-corrected chi connectivity index (χ3v) is 3.68. The zero-order valence-corrected chi connectivity index (χ0v) is 13.8. The summed E-state index contributed by atoms with van der Waals surface area (Å²) in [6.45, 7) is 4.43. The highest BCUT2D eigenvalue weighted by atomic mass is 16.3. The summed E-state index contributed by atoms with van der Waals surface area (Å²) in [6, 6.07) is 1.84. The van der Waals surface area contributed by atoms with E-state index in [1.165, 1.54) is 6.33 Å². The number of carboxylic acid groups (broad SMARTS) is 1. The van der Waals surface area contributed by atoms with E-state index in [9.17, 15) is 5.11 Å². The summed E-state index contributed by atoms with van der Waals surface area (Å²) in [7, 11) is 0. The van der Waals surface area contributed by atoms with Gasteiger partial charge in [-0.05, 0) is 25.3 Å². The van der Waals surface area contributed by atoms with Crippen LogP contribution in [0.25, 0.3) is 0 Å². The molecule has 0 aromatic carbocycles. The molecule has 2 rings (SSSR count). The number of anilines is 2. The smallest absolute Gasteiger partial charge is 0.290 e. The Morgan fingerprint density at radius 2 is 1.92 bits per heavy atom. The molecule has 9 heteroatoms. The molecule has 0 bridgehead atoms. The predicted molar refractivity (Wildman–Crippen MR) is 91.0 cm³/mol. The van der Waals surface area contributed by atoms with Crippen molar-refractivity contribution >= 4 is 18.1 Å². The summed E-state index contributed by atoms with van der Waals surface area (Å²) < 4.78 is 0. The molecule has 1 fully saturated rings. The average Bonchev–Trinajstić information content (AvgIpc) is 2.61. The van der Waals surface area contributed by atoms with Crippen molar-refractivity contribution in [2.75, 3.05) is 56.6 Å². The second-order valence-electron chi connectivity index (χ2n) is 5.46. The molecule has 0 spiro atoms. The Bertz CT molecular complexity index is 463. The topological polar surface area (TPSA) is 131 Å². The van der Waals surface area contributed by atoms with Crippen molar-refractivity contribution in [1.82, 2.24) is 14.9 Å². The van der Waals surface area contributed by atoms with Gasteiger partial charge in [0, 0.05) is 38.9 Å². The van der Waals surface area contributed by atoms with Crippen LogP contribution >= 0.6 is 0 Å². The van der Waals surface area contributed by atoms with Crippen molar-refractivity contribution in [1.29, 1.82) is 0 Å². The number of aliphatic hydroxyl groups excluding tert-OH is 2. The van der Waals surface area contributed by atoms with Gasteiger partial charge >= 0.3 is 0 Å². The Labute approximate surface area is 141 Å². The molecule has 0 radical (unpaired) electrons. The first kappa shape index (κ1) is 20.1. The maximum absolute atomic E-state index is 9.23. The standard InChI is InChI=1S/C14H25N5O2.CH2O2/c20-7-4-16-14-8-13(17-11-18-14)15-3-6-19-5-1-2-12(9-19)10-21;2-1-3/h8,11-12,20-21H,1-7,9-10H2,(H2,15,16,17,18);1H,(H,2,3). The number of nitrogens with zero attached hydrogens (tertiary/aromatic N) is 3. The molecule has 136 valence electrons. The Morgan fingerprint density at radius 1 is 1.25 bits per heavy atom. The minimum Gasteiger partial charge on any atom is -0.483 e.